The van der Waals surface area contributed by atoms with Crippen molar-refractivity contribution in [1.82, 2.24) is 0 Å². The van der Waals surface area contributed by atoms with Crippen molar-refractivity contribution in [3.8, 4) is 11.5 Å². The first-order chi connectivity index (χ1) is 11.7. The zero-order valence-electron chi connectivity index (χ0n) is 13.7. The number of halogens is 1. The summed E-state index contributed by atoms with van der Waals surface area (Å²) in [6.07, 6.45) is 0. The molecule has 122 valence electrons. The Morgan fingerprint density at radius 2 is 1.29 bits per heavy atom. The van der Waals surface area contributed by atoms with Crippen LogP contribution in [0.1, 0.15) is 22.6 Å². The van der Waals surface area contributed by atoms with Crippen LogP contribution in [0, 0.1) is 0 Å². The van der Waals surface area contributed by atoms with E-state index < -0.39 is 0 Å². The second-order valence-corrected chi connectivity index (χ2v) is 5.91. The fourth-order valence-corrected chi connectivity index (χ4v) is 3.14. The first-order valence-electron chi connectivity index (χ1n) is 7.75. The van der Waals surface area contributed by atoms with E-state index in [9.17, 15) is 0 Å². The van der Waals surface area contributed by atoms with Gasteiger partial charge in [0, 0.05) is 10.9 Å². The van der Waals surface area contributed by atoms with Gasteiger partial charge in [0.25, 0.3) is 0 Å². The first-order valence-corrected chi connectivity index (χ1v) is 8.13. The van der Waals surface area contributed by atoms with E-state index in [2.05, 4.69) is 24.3 Å². The lowest BCUT2D eigenvalue weighted by atomic mass is 9.85. The van der Waals surface area contributed by atoms with Gasteiger partial charge in [0.1, 0.15) is 11.5 Å². The van der Waals surface area contributed by atoms with Gasteiger partial charge in [-0.1, -0.05) is 60.1 Å². The maximum Gasteiger partial charge on any atom is 0.120 e. The number of methoxy groups -OCH3 is 2. The Bertz CT molecular complexity index is 798. The lowest BCUT2D eigenvalue weighted by Crippen LogP contribution is -2.04. The molecule has 0 fully saturated rings. The molecule has 2 nitrogen and oxygen atoms in total. The van der Waals surface area contributed by atoms with E-state index in [1.165, 1.54) is 5.56 Å². The highest BCUT2D eigenvalue weighted by atomic mass is 35.5. The molecule has 3 aromatic carbocycles. The summed E-state index contributed by atoms with van der Waals surface area (Å²) in [5.74, 6) is 1.65. The number of rotatable bonds is 5. The van der Waals surface area contributed by atoms with Gasteiger partial charge in [-0.3, -0.25) is 0 Å². The highest BCUT2D eigenvalue weighted by Crippen LogP contribution is 2.37. The van der Waals surface area contributed by atoms with E-state index in [0.717, 1.165) is 22.6 Å². The molecule has 1 atom stereocenters. The monoisotopic (exact) mass is 338 g/mol. The van der Waals surface area contributed by atoms with Gasteiger partial charge in [0.15, 0.2) is 0 Å². The minimum atomic E-state index is 0.0514. The molecule has 0 aliphatic rings. The summed E-state index contributed by atoms with van der Waals surface area (Å²) in [7, 11) is 3.31. The Labute approximate surface area is 147 Å². The summed E-state index contributed by atoms with van der Waals surface area (Å²) in [6, 6.07) is 24.3. The van der Waals surface area contributed by atoms with Gasteiger partial charge in [-0.05, 0) is 41.0 Å². The summed E-state index contributed by atoms with van der Waals surface area (Å²) in [5.41, 5.74) is 3.40. The Hall–Kier alpha value is -2.45. The van der Waals surface area contributed by atoms with Crippen molar-refractivity contribution >= 4 is 11.6 Å². The molecule has 3 heteroatoms. The van der Waals surface area contributed by atoms with Crippen LogP contribution in [0.5, 0.6) is 11.5 Å². The molecule has 0 heterocycles. The number of hydrogen-bond donors (Lipinski definition) is 0. The van der Waals surface area contributed by atoms with Gasteiger partial charge in [-0.2, -0.15) is 0 Å². The molecule has 0 saturated heterocycles. The van der Waals surface area contributed by atoms with Crippen molar-refractivity contribution in [1.29, 1.82) is 0 Å². The van der Waals surface area contributed by atoms with E-state index in [-0.39, 0.29) is 5.92 Å². The third-order valence-corrected chi connectivity index (χ3v) is 4.43. The van der Waals surface area contributed by atoms with Gasteiger partial charge in [0.05, 0.1) is 14.2 Å². The fourth-order valence-electron chi connectivity index (χ4n) is 2.86. The number of benzene rings is 3. The van der Waals surface area contributed by atoms with Crippen LogP contribution in [0.15, 0.2) is 72.8 Å². The molecule has 0 aliphatic carbocycles. The zero-order chi connectivity index (χ0) is 16.9. The number of hydrogen-bond acceptors (Lipinski definition) is 2. The highest BCUT2D eigenvalue weighted by Gasteiger charge is 2.19. The second-order valence-electron chi connectivity index (χ2n) is 5.50. The van der Waals surface area contributed by atoms with Crippen LogP contribution in [0.3, 0.4) is 0 Å². The Morgan fingerprint density at radius 1 is 0.708 bits per heavy atom. The van der Waals surface area contributed by atoms with Gasteiger partial charge in [-0.15, -0.1) is 0 Å². The van der Waals surface area contributed by atoms with E-state index in [4.69, 9.17) is 21.1 Å². The van der Waals surface area contributed by atoms with E-state index in [0.29, 0.717) is 5.02 Å². The molecule has 0 amide bonds. The van der Waals surface area contributed by atoms with Gasteiger partial charge < -0.3 is 9.47 Å². The molecule has 0 saturated carbocycles. The van der Waals surface area contributed by atoms with Crippen LogP contribution in [0.25, 0.3) is 0 Å². The molecule has 3 rings (SSSR count). The molecule has 24 heavy (non-hydrogen) atoms. The van der Waals surface area contributed by atoms with Crippen molar-refractivity contribution in [3.05, 3.63) is 94.5 Å². The molecule has 1 unspecified atom stereocenters. The average molecular weight is 339 g/mol. The molecule has 0 bridgehead atoms. The van der Waals surface area contributed by atoms with Crippen molar-refractivity contribution < 1.29 is 9.47 Å². The Balaban J connectivity index is 2.11. The normalized spacial score (nSPS) is 11.8. The predicted octanol–water partition coefficient (Wildman–Crippen LogP) is 5.54. The summed E-state index contributed by atoms with van der Waals surface area (Å²) in [5, 5.41) is 0.694. The zero-order valence-corrected chi connectivity index (χ0v) is 14.5. The second kappa shape index (κ2) is 7.41. The van der Waals surface area contributed by atoms with Gasteiger partial charge in [-0.25, -0.2) is 0 Å². The topological polar surface area (TPSA) is 18.5 Å². The van der Waals surface area contributed by atoms with Crippen molar-refractivity contribution in [3.63, 3.8) is 0 Å². The van der Waals surface area contributed by atoms with Gasteiger partial charge in [0.2, 0.25) is 0 Å². The lowest BCUT2D eigenvalue weighted by Gasteiger charge is -2.21. The molecule has 0 N–H and O–H groups in total. The standard InChI is InChI=1S/C21H19ClO2/c1-23-17-10-8-16(9-11-17)21(15-6-4-3-5-7-15)19-13-12-18(24-2)14-20(19)22/h3-14,21H,1-2H3. The third kappa shape index (κ3) is 3.39. The average Bonchev–Trinajstić information content (AvgIpc) is 2.64. The Morgan fingerprint density at radius 3 is 1.88 bits per heavy atom. The van der Waals surface area contributed by atoms with Crippen LogP contribution in [-0.4, -0.2) is 14.2 Å². The molecule has 0 radical (unpaired) electrons. The van der Waals surface area contributed by atoms with E-state index in [1.807, 2.05) is 48.5 Å². The lowest BCUT2D eigenvalue weighted by molar-refractivity contribution is 0.414. The molecular weight excluding hydrogens is 320 g/mol. The van der Waals surface area contributed by atoms with Crippen LogP contribution >= 0.6 is 11.6 Å². The van der Waals surface area contributed by atoms with E-state index >= 15 is 0 Å². The molecule has 0 spiro atoms. The molecule has 3 aromatic rings. The maximum atomic E-state index is 6.56. The summed E-state index contributed by atoms with van der Waals surface area (Å²) in [6.45, 7) is 0. The van der Waals surface area contributed by atoms with Crippen LogP contribution in [0.4, 0.5) is 0 Å². The first kappa shape index (κ1) is 16.4. The molecule has 0 aromatic heterocycles. The van der Waals surface area contributed by atoms with Crippen molar-refractivity contribution in [2.75, 3.05) is 14.2 Å². The molecule has 0 aliphatic heterocycles. The Kier molecular flexibility index (Phi) is 5.07. The summed E-state index contributed by atoms with van der Waals surface area (Å²) >= 11 is 6.56. The minimum absolute atomic E-state index is 0.0514. The predicted molar refractivity (Wildman–Crippen MR) is 98.4 cm³/mol. The van der Waals surface area contributed by atoms with Crippen molar-refractivity contribution in [2.45, 2.75) is 5.92 Å². The molecular formula is C21H19ClO2. The number of ether oxygens (including phenoxy) is 2. The smallest absolute Gasteiger partial charge is 0.120 e. The van der Waals surface area contributed by atoms with Crippen LogP contribution in [-0.2, 0) is 0 Å². The summed E-state index contributed by atoms with van der Waals surface area (Å²) < 4.78 is 10.5. The van der Waals surface area contributed by atoms with Crippen LogP contribution in [0.2, 0.25) is 5.02 Å². The fraction of sp³-hybridized carbons (Fsp3) is 0.143. The van der Waals surface area contributed by atoms with Gasteiger partial charge >= 0.3 is 0 Å². The quantitative estimate of drug-likeness (QED) is 0.569. The maximum absolute atomic E-state index is 6.56. The SMILES string of the molecule is COc1ccc(C(c2ccccc2)c2ccc(OC)cc2Cl)cc1. The third-order valence-electron chi connectivity index (χ3n) is 4.10. The van der Waals surface area contributed by atoms with E-state index in [1.54, 1.807) is 14.2 Å². The summed E-state index contributed by atoms with van der Waals surface area (Å²) in [4.78, 5) is 0. The van der Waals surface area contributed by atoms with Crippen LogP contribution < -0.4 is 9.47 Å². The highest BCUT2D eigenvalue weighted by molar-refractivity contribution is 6.31. The van der Waals surface area contributed by atoms with Crippen molar-refractivity contribution in [2.24, 2.45) is 0 Å². The minimum Gasteiger partial charge on any atom is -0.497 e. The largest absolute Gasteiger partial charge is 0.497 e.